The van der Waals surface area contributed by atoms with Crippen molar-refractivity contribution in [3.05, 3.63) is 6.33 Å². The molecule has 0 aliphatic heterocycles. The molecule has 5 nitrogen and oxygen atoms in total. The fraction of sp³-hybridized carbons (Fsp3) is 0.727. The molecular weight excluding hydrogens is 204 g/mol. The molecule has 1 aromatic heterocycles. The maximum atomic E-state index is 12.0. The third-order valence-corrected chi connectivity index (χ3v) is 4.69. The zero-order chi connectivity index (χ0) is 10.7. The summed E-state index contributed by atoms with van der Waals surface area (Å²) in [6, 6.07) is 0. The Kier molecular flexibility index (Phi) is 1.55. The number of aromatic amines is 1. The SMILES string of the molecule is O=C(Nc1ncn[nH]1)C1C2C3CCC(C3)C12. The van der Waals surface area contributed by atoms with Crippen LogP contribution in [0.15, 0.2) is 6.33 Å². The van der Waals surface area contributed by atoms with Gasteiger partial charge >= 0.3 is 0 Å². The van der Waals surface area contributed by atoms with Gasteiger partial charge in [-0.15, -0.1) is 0 Å². The molecule has 2 bridgehead atoms. The largest absolute Gasteiger partial charge is 0.295 e. The number of amides is 1. The van der Waals surface area contributed by atoms with Crippen LogP contribution >= 0.6 is 0 Å². The van der Waals surface area contributed by atoms with E-state index in [-0.39, 0.29) is 11.8 Å². The van der Waals surface area contributed by atoms with E-state index < -0.39 is 0 Å². The Balaban J connectivity index is 1.47. The molecule has 84 valence electrons. The Morgan fingerprint density at radius 3 is 2.75 bits per heavy atom. The molecule has 4 unspecified atom stereocenters. The summed E-state index contributed by atoms with van der Waals surface area (Å²) in [7, 11) is 0. The Hall–Kier alpha value is -1.39. The highest BCUT2D eigenvalue weighted by Gasteiger charge is 2.67. The first kappa shape index (κ1) is 8.73. The molecule has 3 fully saturated rings. The molecule has 3 aliphatic rings. The van der Waals surface area contributed by atoms with E-state index in [0.29, 0.717) is 17.8 Å². The Morgan fingerprint density at radius 2 is 2.12 bits per heavy atom. The van der Waals surface area contributed by atoms with Crippen LogP contribution in [0, 0.1) is 29.6 Å². The van der Waals surface area contributed by atoms with Crippen molar-refractivity contribution >= 4 is 11.9 Å². The topological polar surface area (TPSA) is 70.7 Å². The molecule has 1 amide bonds. The zero-order valence-corrected chi connectivity index (χ0v) is 8.89. The Labute approximate surface area is 93.0 Å². The number of anilines is 1. The standard InChI is InChI=1S/C11H14N4O/c16-10(14-11-12-4-13-15-11)9-7-5-1-2-6(3-5)8(7)9/h4-9H,1-3H2,(H2,12,13,14,15,16). The van der Waals surface area contributed by atoms with Crippen LogP contribution in [0.1, 0.15) is 19.3 Å². The maximum Gasteiger partial charge on any atom is 0.230 e. The molecule has 3 aliphatic carbocycles. The van der Waals surface area contributed by atoms with Gasteiger partial charge in [0.2, 0.25) is 11.9 Å². The van der Waals surface area contributed by atoms with Gasteiger partial charge in [-0.25, -0.2) is 5.10 Å². The van der Waals surface area contributed by atoms with Crippen molar-refractivity contribution in [1.29, 1.82) is 0 Å². The molecule has 3 saturated carbocycles. The minimum absolute atomic E-state index is 0.142. The zero-order valence-electron chi connectivity index (χ0n) is 8.89. The van der Waals surface area contributed by atoms with E-state index in [1.807, 2.05) is 0 Å². The molecule has 5 heteroatoms. The van der Waals surface area contributed by atoms with E-state index in [1.165, 1.54) is 25.6 Å². The van der Waals surface area contributed by atoms with E-state index in [4.69, 9.17) is 0 Å². The molecule has 1 aromatic rings. The maximum absolute atomic E-state index is 12.0. The quantitative estimate of drug-likeness (QED) is 0.779. The summed E-state index contributed by atoms with van der Waals surface area (Å²) in [5.74, 6) is 3.91. The number of aromatic nitrogens is 3. The van der Waals surface area contributed by atoms with Crippen LogP contribution in [0.2, 0.25) is 0 Å². The predicted molar refractivity (Wildman–Crippen MR) is 56.3 cm³/mol. The summed E-state index contributed by atoms with van der Waals surface area (Å²) < 4.78 is 0. The van der Waals surface area contributed by atoms with Gasteiger partial charge in [-0.05, 0) is 42.9 Å². The van der Waals surface area contributed by atoms with Crippen molar-refractivity contribution in [3.63, 3.8) is 0 Å². The lowest BCUT2D eigenvalue weighted by Crippen LogP contribution is -2.19. The number of nitrogens with zero attached hydrogens (tertiary/aromatic N) is 2. The highest BCUT2D eigenvalue weighted by atomic mass is 16.2. The van der Waals surface area contributed by atoms with Crippen molar-refractivity contribution in [2.75, 3.05) is 5.32 Å². The number of hydrogen-bond donors (Lipinski definition) is 2. The molecule has 1 heterocycles. The number of H-pyrrole nitrogens is 1. The third kappa shape index (κ3) is 1.03. The number of carbonyl (C=O) groups is 1. The summed E-state index contributed by atoms with van der Waals surface area (Å²) >= 11 is 0. The van der Waals surface area contributed by atoms with Gasteiger partial charge in [0.05, 0.1) is 0 Å². The first-order valence-electron chi connectivity index (χ1n) is 6.01. The van der Waals surface area contributed by atoms with Crippen LogP contribution in [0.5, 0.6) is 0 Å². The van der Waals surface area contributed by atoms with Gasteiger partial charge in [0.15, 0.2) is 0 Å². The minimum atomic E-state index is 0.142. The second kappa shape index (κ2) is 2.84. The second-order valence-corrected chi connectivity index (χ2v) is 5.34. The normalized spacial score (nSPS) is 43.1. The van der Waals surface area contributed by atoms with Crippen LogP contribution in [0.3, 0.4) is 0 Å². The van der Waals surface area contributed by atoms with Crippen molar-refractivity contribution in [3.8, 4) is 0 Å². The lowest BCUT2D eigenvalue weighted by Gasteiger charge is -2.07. The summed E-state index contributed by atoms with van der Waals surface area (Å²) in [6.07, 6.45) is 5.48. The summed E-state index contributed by atoms with van der Waals surface area (Å²) in [4.78, 5) is 15.9. The molecule has 0 radical (unpaired) electrons. The lowest BCUT2D eigenvalue weighted by molar-refractivity contribution is -0.118. The molecule has 2 N–H and O–H groups in total. The predicted octanol–water partition coefficient (Wildman–Crippen LogP) is 1.04. The van der Waals surface area contributed by atoms with Gasteiger partial charge < -0.3 is 0 Å². The fourth-order valence-corrected chi connectivity index (χ4v) is 4.14. The van der Waals surface area contributed by atoms with Gasteiger partial charge in [-0.3, -0.25) is 10.1 Å². The van der Waals surface area contributed by atoms with Crippen molar-refractivity contribution < 1.29 is 4.79 Å². The Morgan fingerprint density at radius 1 is 1.38 bits per heavy atom. The van der Waals surface area contributed by atoms with E-state index in [0.717, 1.165) is 11.8 Å². The molecule has 4 atom stereocenters. The number of fused-ring (bicyclic) bond motifs is 5. The summed E-state index contributed by atoms with van der Waals surface area (Å²) in [5, 5.41) is 9.19. The van der Waals surface area contributed by atoms with E-state index in [2.05, 4.69) is 20.5 Å². The van der Waals surface area contributed by atoms with Crippen LogP contribution in [0.25, 0.3) is 0 Å². The first-order chi connectivity index (χ1) is 7.84. The third-order valence-electron chi connectivity index (χ3n) is 4.69. The number of hydrogen-bond acceptors (Lipinski definition) is 3. The number of nitrogens with one attached hydrogen (secondary N) is 2. The molecular formula is C11H14N4O. The van der Waals surface area contributed by atoms with Gasteiger partial charge in [-0.1, -0.05) is 0 Å². The highest BCUT2D eigenvalue weighted by molar-refractivity contribution is 5.93. The van der Waals surface area contributed by atoms with Gasteiger partial charge in [0.1, 0.15) is 6.33 Å². The van der Waals surface area contributed by atoms with Crippen molar-refractivity contribution in [1.82, 2.24) is 15.2 Å². The van der Waals surface area contributed by atoms with E-state index in [1.54, 1.807) is 0 Å². The molecule has 0 aromatic carbocycles. The van der Waals surface area contributed by atoms with Gasteiger partial charge in [0.25, 0.3) is 0 Å². The molecule has 0 spiro atoms. The van der Waals surface area contributed by atoms with Gasteiger partial charge in [-0.2, -0.15) is 10.1 Å². The van der Waals surface area contributed by atoms with Crippen molar-refractivity contribution in [2.45, 2.75) is 19.3 Å². The van der Waals surface area contributed by atoms with Crippen LogP contribution in [-0.2, 0) is 4.79 Å². The average Bonchev–Trinajstić information content (AvgIpc) is 2.73. The number of rotatable bonds is 2. The fourth-order valence-electron chi connectivity index (χ4n) is 4.14. The first-order valence-corrected chi connectivity index (χ1v) is 6.01. The van der Waals surface area contributed by atoms with E-state index >= 15 is 0 Å². The van der Waals surface area contributed by atoms with Crippen LogP contribution in [-0.4, -0.2) is 21.1 Å². The van der Waals surface area contributed by atoms with E-state index in [9.17, 15) is 4.79 Å². The van der Waals surface area contributed by atoms with Crippen LogP contribution in [0.4, 0.5) is 5.95 Å². The molecule has 16 heavy (non-hydrogen) atoms. The number of carbonyl (C=O) groups excluding carboxylic acids is 1. The summed E-state index contributed by atoms with van der Waals surface area (Å²) in [6.45, 7) is 0. The lowest BCUT2D eigenvalue weighted by atomic mass is 10.0. The average molecular weight is 218 g/mol. The van der Waals surface area contributed by atoms with Gasteiger partial charge in [0, 0.05) is 5.92 Å². The van der Waals surface area contributed by atoms with Crippen LogP contribution < -0.4 is 5.32 Å². The monoisotopic (exact) mass is 218 g/mol. The minimum Gasteiger partial charge on any atom is -0.295 e. The highest BCUT2D eigenvalue weighted by Crippen LogP contribution is 2.69. The summed E-state index contributed by atoms with van der Waals surface area (Å²) in [5.41, 5.74) is 0. The molecule has 4 rings (SSSR count). The Bertz CT molecular complexity index is 413. The van der Waals surface area contributed by atoms with Crippen molar-refractivity contribution in [2.24, 2.45) is 29.6 Å². The smallest absolute Gasteiger partial charge is 0.230 e. The second-order valence-electron chi connectivity index (χ2n) is 5.34. The molecule has 0 saturated heterocycles.